The Balaban J connectivity index is 4.04. The Morgan fingerprint density at radius 2 is 2.40 bits per heavy atom. The molecule has 2 heteroatoms. The van der Waals surface area contributed by atoms with Crippen molar-refractivity contribution in [3.05, 3.63) is 23.6 Å². The Kier molecular flexibility index (Phi) is 5.45. The summed E-state index contributed by atoms with van der Waals surface area (Å²) < 4.78 is 0. The molecule has 1 unspecified atom stereocenters. The monoisotopic (exact) mass is 157 g/mol. The van der Waals surface area contributed by atoms with Crippen molar-refractivity contribution in [2.75, 3.05) is 6.26 Å². The highest BCUT2D eigenvalue weighted by Crippen LogP contribution is 2.16. The maximum Gasteiger partial charge on any atom is 0.0352 e. The zero-order valence-electron chi connectivity index (χ0n) is 6.63. The second-order valence-corrected chi connectivity index (χ2v) is 2.90. The standard InChI is InChI=1S/C8H15NS/c1-4-6-8(10-3)7(9)5-2/h4,6-7H,1,5,9H2,2-3H3/b8-6-. The molecule has 0 spiro atoms. The van der Waals surface area contributed by atoms with Crippen LogP contribution in [0.1, 0.15) is 13.3 Å². The first kappa shape index (κ1) is 9.79. The average Bonchev–Trinajstić information content (AvgIpc) is 1.99. The lowest BCUT2D eigenvalue weighted by atomic mass is 10.2. The SMILES string of the molecule is C=C/C=C(\SC)C(N)CC. The summed E-state index contributed by atoms with van der Waals surface area (Å²) in [6, 6.07) is 0.188. The van der Waals surface area contributed by atoms with Crippen molar-refractivity contribution < 1.29 is 0 Å². The zero-order chi connectivity index (χ0) is 7.98. The Hall–Kier alpha value is -0.210. The predicted octanol–water partition coefficient (Wildman–Crippen LogP) is 2.16. The predicted molar refractivity (Wildman–Crippen MR) is 50.1 cm³/mol. The summed E-state index contributed by atoms with van der Waals surface area (Å²) in [5.74, 6) is 0. The van der Waals surface area contributed by atoms with Crippen LogP contribution in [0.3, 0.4) is 0 Å². The quantitative estimate of drug-likeness (QED) is 0.633. The molecule has 0 bridgehead atoms. The molecule has 2 N–H and O–H groups in total. The lowest BCUT2D eigenvalue weighted by Gasteiger charge is -2.09. The largest absolute Gasteiger partial charge is 0.324 e. The molecule has 0 aromatic rings. The molecule has 0 saturated heterocycles. The molecule has 0 heterocycles. The first-order valence-electron chi connectivity index (χ1n) is 3.38. The topological polar surface area (TPSA) is 26.0 Å². The molecule has 0 fully saturated rings. The van der Waals surface area contributed by atoms with Gasteiger partial charge in [-0.15, -0.1) is 11.8 Å². The first-order chi connectivity index (χ1) is 4.76. The van der Waals surface area contributed by atoms with Gasteiger partial charge in [-0.05, 0) is 12.7 Å². The van der Waals surface area contributed by atoms with Crippen molar-refractivity contribution in [3.63, 3.8) is 0 Å². The van der Waals surface area contributed by atoms with E-state index in [1.165, 1.54) is 4.91 Å². The maximum absolute atomic E-state index is 5.78. The van der Waals surface area contributed by atoms with Gasteiger partial charge in [-0.1, -0.05) is 25.7 Å². The van der Waals surface area contributed by atoms with Crippen molar-refractivity contribution in [1.82, 2.24) is 0 Å². The van der Waals surface area contributed by atoms with Gasteiger partial charge in [-0.3, -0.25) is 0 Å². The molecule has 0 aromatic heterocycles. The lowest BCUT2D eigenvalue weighted by Crippen LogP contribution is -2.19. The van der Waals surface area contributed by atoms with E-state index in [0.29, 0.717) is 0 Å². The van der Waals surface area contributed by atoms with Gasteiger partial charge in [-0.25, -0.2) is 0 Å². The molecule has 0 aromatic carbocycles. The van der Waals surface area contributed by atoms with E-state index < -0.39 is 0 Å². The molecule has 1 atom stereocenters. The Bertz CT molecular complexity index is 129. The summed E-state index contributed by atoms with van der Waals surface area (Å²) >= 11 is 1.69. The number of hydrogen-bond acceptors (Lipinski definition) is 2. The van der Waals surface area contributed by atoms with E-state index in [-0.39, 0.29) is 6.04 Å². The third-order valence-electron chi connectivity index (χ3n) is 1.32. The summed E-state index contributed by atoms with van der Waals surface area (Å²) in [6.07, 6.45) is 6.77. The van der Waals surface area contributed by atoms with E-state index in [2.05, 4.69) is 13.5 Å². The van der Waals surface area contributed by atoms with Crippen LogP contribution in [0.4, 0.5) is 0 Å². The second-order valence-electron chi connectivity index (χ2n) is 2.02. The number of hydrogen-bond donors (Lipinski definition) is 1. The third kappa shape index (κ3) is 3.08. The van der Waals surface area contributed by atoms with E-state index in [9.17, 15) is 0 Å². The molecule has 0 saturated carbocycles. The fourth-order valence-corrected chi connectivity index (χ4v) is 1.36. The first-order valence-corrected chi connectivity index (χ1v) is 4.60. The summed E-state index contributed by atoms with van der Waals surface area (Å²) in [5, 5.41) is 0. The van der Waals surface area contributed by atoms with Gasteiger partial charge in [0.05, 0.1) is 0 Å². The van der Waals surface area contributed by atoms with Gasteiger partial charge in [0.2, 0.25) is 0 Å². The van der Waals surface area contributed by atoms with Crippen molar-refractivity contribution in [2.45, 2.75) is 19.4 Å². The van der Waals surface area contributed by atoms with Gasteiger partial charge in [0.15, 0.2) is 0 Å². The van der Waals surface area contributed by atoms with Gasteiger partial charge < -0.3 is 5.73 Å². The Morgan fingerprint density at radius 1 is 1.80 bits per heavy atom. The highest BCUT2D eigenvalue weighted by atomic mass is 32.2. The normalized spacial score (nSPS) is 14.9. The molecule has 0 aliphatic carbocycles. The molecule has 10 heavy (non-hydrogen) atoms. The van der Waals surface area contributed by atoms with Crippen LogP contribution < -0.4 is 5.73 Å². The van der Waals surface area contributed by atoms with Crippen molar-refractivity contribution in [1.29, 1.82) is 0 Å². The fraction of sp³-hybridized carbons (Fsp3) is 0.500. The molecule has 1 nitrogen and oxygen atoms in total. The summed E-state index contributed by atoms with van der Waals surface area (Å²) in [7, 11) is 0. The van der Waals surface area contributed by atoms with Crippen molar-refractivity contribution in [2.24, 2.45) is 5.73 Å². The van der Waals surface area contributed by atoms with Gasteiger partial charge >= 0.3 is 0 Å². The van der Waals surface area contributed by atoms with E-state index in [0.717, 1.165) is 6.42 Å². The maximum atomic E-state index is 5.78. The highest BCUT2D eigenvalue weighted by Gasteiger charge is 2.02. The van der Waals surface area contributed by atoms with Gasteiger partial charge in [-0.2, -0.15) is 0 Å². The summed E-state index contributed by atoms with van der Waals surface area (Å²) in [5.41, 5.74) is 5.78. The van der Waals surface area contributed by atoms with Crippen LogP contribution in [0, 0.1) is 0 Å². The van der Waals surface area contributed by atoms with Crippen LogP contribution >= 0.6 is 11.8 Å². The number of thioether (sulfide) groups is 1. The number of rotatable bonds is 4. The smallest absolute Gasteiger partial charge is 0.0352 e. The molecule has 0 rings (SSSR count). The Labute approximate surface area is 67.4 Å². The number of nitrogens with two attached hydrogens (primary N) is 1. The van der Waals surface area contributed by atoms with E-state index in [4.69, 9.17) is 5.73 Å². The van der Waals surface area contributed by atoms with Crippen LogP contribution in [-0.4, -0.2) is 12.3 Å². The second kappa shape index (κ2) is 5.57. The van der Waals surface area contributed by atoms with Crippen molar-refractivity contribution >= 4 is 11.8 Å². The van der Waals surface area contributed by atoms with Crippen LogP contribution in [-0.2, 0) is 0 Å². The van der Waals surface area contributed by atoms with E-state index in [1.807, 2.05) is 12.3 Å². The Morgan fingerprint density at radius 3 is 2.70 bits per heavy atom. The minimum atomic E-state index is 0.188. The molecule has 0 radical (unpaired) electrons. The number of allylic oxidation sites excluding steroid dienone is 2. The van der Waals surface area contributed by atoms with Crippen LogP contribution in [0.2, 0.25) is 0 Å². The molecular weight excluding hydrogens is 142 g/mol. The van der Waals surface area contributed by atoms with E-state index in [1.54, 1.807) is 17.8 Å². The average molecular weight is 157 g/mol. The molecule has 0 aliphatic heterocycles. The zero-order valence-corrected chi connectivity index (χ0v) is 7.45. The van der Waals surface area contributed by atoms with Gasteiger partial charge in [0.25, 0.3) is 0 Å². The van der Waals surface area contributed by atoms with Crippen LogP contribution in [0.5, 0.6) is 0 Å². The minimum Gasteiger partial charge on any atom is -0.324 e. The van der Waals surface area contributed by atoms with Crippen molar-refractivity contribution in [3.8, 4) is 0 Å². The van der Waals surface area contributed by atoms with Gasteiger partial charge in [0, 0.05) is 10.9 Å². The van der Waals surface area contributed by atoms with Gasteiger partial charge in [0.1, 0.15) is 0 Å². The highest BCUT2D eigenvalue weighted by molar-refractivity contribution is 8.02. The molecule has 58 valence electrons. The molecule has 0 amide bonds. The summed E-state index contributed by atoms with van der Waals surface area (Å²) in [4.78, 5) is 1.21. The lowest BCUT2D eigenvalue weighted by molar-refractivity contribution is 0.772. The third-order valence-corrected chi connectivity index (χ3v) is 2.23. The van der Waals surface area contributed by atoms with Crippen LogP contribution in [0.25, 0.3) is 0 Å². The summed E-state index contributed by atoms with van der Waals surface area (Å²) in [6.45, 7) is 5.70. The minimum absolute atomic E-state index is 0.188. The van der Waals surface area contributed by atoms with Crippen LogP contribution in [0.15, 0.2) is 23.6 Å². The fourth-order valence-electron chi connectivity index (χ4n) is 0.660. The molecular formula is C8H15NS. The van der Waals surface area contributed by atoms with E-state index >= 15 is 0 Å². The molecule has 0 aliphatic rings.